The Labute approximate surface area is 137 Å². The quantitative estimate of drug-likeness (QED) is 0.455. The van der Waals surface area contributed by atoms with E-state index in [4.69, 9.17) is 4.74 Å². The van der Waals surface area contributed by atoms with Gasteiger partial charge in [0.25, 0.3) is 5.69 Å². The summed E-state index contributed by atoms with van der Waals surface area (Å²) in [6.45, 7) is 3.41. The van der Waals surface area contributed by atoms with Gasteiger partial charge in [-0.1, -0.05) is 23.9 Å². The van der Waals surface area contributed by atoms with Gasteiger partial charge in [0.15, 0.2) is 0 Å². The molecule has 1 aliphatic rings. The van der Waals surface area contributed by atoms with Crippen molar-refractivity contribution >= 4 is 17.4 Å². The molecule has 0 saturated carbocycles. The maximum Gasteiger partial charge on any atom is 0.269 e. The first kappa shape index (κ1) is 15.9. The summed E-state index contributed by atoms with van der Waals surface area (Å²) in [5.41, 5.74) is 0.963. The summed E-state index contributed by atoms with van der Waals surface area (Å²) in [5, 5.41) is 23.4. The molecule has 0 N–H and O–H groups in total. The van der Waals surface area contributed by atoms with Crippen molar-refractivity contribution in [2.24, 2.45) is 0 Å². The predicted octanol–water partition coefficient (Wildman–Crippen LogP) is 2.61. The molecule has 0 spiro atoms. The molecule has 0 aliphatic carbocycles. The third-order valence-corrected chi connectivity index (χ3v) is 4.86. The van der Waals surface area contributed by atoms with Gasteiger partial charge >= 0.3 is 0 Å². The molecule has 2 heterocycles. The Bertz CT molecular complexity index is 687. The molecule has 0 bridgehead atoms. The standard InChI is InChI=1S/C14H17N5O3S/c1-10(11-4-2-5-12(8-11)19(20)21)23-14-15-16-17-18(14)9-13-6-3-7-22-13/h2,4-5,8,10,13H,3,6-7,9H2,1H3/t10-,13-/m1/s1. The van der Waals surface area contributed by atoms with Crippen LogP contribution in [0, 0.1) is 10.1 Å². The zero-order valence-electron chi connectivity index (χ0n) is 12.7. The zero-order valence-corrected chi connectivity index (χ0v) is 13.5. The maximum absolute atomic E-state index is 10.9. The van der Waals surface area contributed by atoms with Crippen molar-refractivity contribution in [3.63, 3.8) is 0 Å². The first-order valence-corrected chi connectivity index (χ1v) is 8.30. The minimum atomic E-state index is -0.387. The highest BCUT2D eigenvalue weighted by atomic mass is 32.2. The summed E-state index contributed by atoms with van der Waals surface area (Å²) in [7, 11) is 0. The molecule has 9 heteroatoms. The van der Waals surface area contributed by atoms with E-state index in [1.807, 2.05) is 13.0 Å². The highest BCUT2D eigenvalue weighted by Gasteiger charge is 2.21. The van der Waals surface area contributed by atoms with Crippen molar-refractivity contribution in [3.05, 3.63) is 39.9 Å². The fraction of sp³-hybridized carbons (Fsp3) is 0.500. The number of hydrogen-bond donors (Lipinski definition) is 0. The molecule has 1 saturated heterocycles. The lowest BCUT2D eigenvalue weighted by molar-refractivity contribution is -0.384. The summed E-state index contributed by atoms with van der Waals surface area (Å²) in [6.07, 6.45) is 2.25. The number of rotatable bonds is 6. The average Bonchev–Trinajstić information content (AvgIpc) is 3.20. The first-order valence-electron chi connectivity index (χ1n) is 7.42. The predicted molar refractivity (Wildman–Crippen MR) is 84.2 cm³/mol. The molecule has 1 aromatic carbocycles. The van der Waals surface area contributed by atoms with E-state index in [0.29, 0.717) is 11.7 Å². The molecule has 0 radical (unpaired) electrons. The summed E-state index contributed by atoms with van der Waals surface area (Å²) in [5.74, 6) is 0. The third-order valence-electron chi connectivity index (χ3n) is 3.73. The fourth-order valence-electron chi connectivity index (χ4n) is 2.49. The molecule has 23 heavy (non-hydrogen) atoms. The van der Waals surface area contributed by atoms with E-state index in [0.717, 1.165) is 25.0 Å². The highest BCUT2D eigenvalue weighted by Crippen LogP contribution is 2.34. The number of aromatic nitrogens is 4. The second kappa shape index (κ2) is 7.05. The zero-order chi connectivity index (χ0) is 16.2. The molecular formula is C14H17N5O3S. The Hall–Kier alpha value is -2.00. The van der Waals surface area contributed by atoms with E-state index in [9.17, 15) is 10.1 Å². The van der Waals surface area contributed by atoms with Gasteiger partial charge in [-0.3, -0.25) is 10.1 Å². The second-order valence-electron chi connectivity index (χ2n) is 5.39. The normalized spacial score (nSPS) is 18.9. The lowest BCUT2D eigenvalue weighted by Gasteiger charge is -2.13. The Morgan fingerprint density at radius 3 is 3.17 bits per heavy atom. The molecule has 3 rings (SSSR count). The van der Waals surface area contributed by atoms with Crippen molar-refractivity contribution in [1.82, 2.24) is 20.2 Å². The number of nitro groups is 1. The van der Waals surface area contributed by atoms with Gasteiger partial charge in [0, 0.05) is 24.0 Å². The van der Waals surface area contributed by atoms with Gasteiger partial charge in [0.1, 0.15) is 0 Å². The van der Waals surface area contributed by atoms with E-state index < -0.39 is 0 Å². The molecule has 2 atom stereocenters. The van der Waals surface area contributed by atoms with Crippen LogP contribution >= 0.6 is 11.8 Å². The Morgan fingerprint density at radius 1 is 1.57 bits per heavy atom. The van der Waals surface area contributed by atoms with Gasteiger partial charge in [-0.2, -0.15) is 0 Å². The molecule has 122 valence electrons. The van der Waals surface area contributed by atoms with E-state index in [-0.39, 0.29) is 22.0 Å². The number of benzene rings is 1. The lowest BCUT2D eigenvalue weighted by atomic mass is 10.1. The van der Waals surface area contributed by atoms with Gasteiger partial charge in [0.05, 0.1) is 17.6 Å². The average molecular weight is 335 g/mol. The summed E-state index contributed by atoms with van der Waals surface area (Å²) < 4.78 is 7.36. The largest absolute Gasteiger partial charge is 0.376 e. The number of thioether (sulfide) groups is 1. The van der Waals surface area contributed by atoms with E-state index in [1.165, 1.54) is 17.8 Å². The number of nitro benzene ring substituents is 1. The number of non-ortho nitro benzene ring substituents is 1. The monoisotopic (exact) mass is 335 g/mol. The van der Waals surface area contributed by atoms with Crippen LogP contribution in [0.5, 0.6) is 0 Å². The minimum absolute atomic E-state index is 0.00384. The summed E-state index contributed by atoms with van der Waals surface area (Å²) >= 11 is 1.48. The van der Waals surface area contributed by atoms with Crippen LogP contribution in [0.3, 0.4) is 0 Å². The van der Waals surface area contributed by atoms with Crippen LogP contribution in [0.1, 0.15) is 30.6 Å². The molecule has 0 amide bonds. The first-order chi connectivity index (χ1) is 11.1. The maximum atomic E-state index is 10.9. The van der Waals surface area contributed by atoms with E-state index in [1.54, 1.807) is 16.8 Å². The smallest absolute Gasteiger partial charge is 0.269 e. The van der Waals surface area contributed by atoms with Crippen molar-refractivity contribution < 1.29 is 9.66 Å². The number of nitrogens with zero attached hydrogens (tertiary/aromatic N) is 5. The number of ether oxygens (including phenoxy) is 1. The lowest BCUT2D eigenvalue weighted by Crippen LogP contribution is -2.17. The van der Waals surface area contributed by atoms with Crippen LogP contribution in [-0.4, -0.2) is 37.8 Å². The summed E-state index contributed by atoms with van der Waals surface area (Å²) in [4.78, 5) is 10.5. The van der Waals surface area contributed by atoms with Crippen molar-refractivity contribution in [2.45, 2.75) is 42.8 Å². The molecular weight excluding hydrogens is 318 g/mol. The van der Waals surface area contributed by atoms with Crippen LogP contribution < -0.4 is 0 Å². The molecule has 2 aromatic rings. The number of hydrogen-bond acceptors (Lipinski definition) is 7. The molecule has 1 aliphatic heterocycles. The Morgan fingerprint density at radius 2 is 2.43 bits per heavy atom. The Kier molecular flexibility index (Phi) is 4.87. The van der Waals surface area contributed by atoms with Gasteiger partial charge in [-0.25, -0.2) is 4.68 Å². The van der Waals surface area contributed by atoms with Gasteiger partial charge < -0.3 is 4.74 Å². The van der Waals surface area contributed by atoms with Gasteiger partial charge in [0.2, 0.25) is 5.16 Å². The van der Waals surface area contributed by atoms with Crippen LogP contribution in [0.25, 0.3) is 0 Å². The molecule has 8 nitrogen and oxygen atoms in total. The van der Waals surface area contributed by atoms with Crippen LogP contribution in [0.15, 0.2) is 29.4 Å². The second-order valence-corrected chi connectivity index (χ2v) is 6.70. The molecule has 1 fully saturated rings. The fourth-order valence-corrected chi connectivity index (χ4v) is 3.41. The van der Waals surface area contributed by atoms with E-state index in [2.05, 4.69) is 15.5 Å². The van der Waals surface area contributed by atoms with Gasteiger partial charge in [-0.15, -0.1) is 5.10 Å². The highest BCUT2D eigenvalue weighted by molar-refractivity contribution is 7.99. The van der Waals surface area contributed by atoms with Crippen LogP contribution in [0.4, 0.5) is 5.69 Å². The SMILES string of the molecule is C[C@@H](Sc1nnnn1C[C@H]1CCCO1)c1cccc([N+](=O)[O-])c1. The third kappa shape index (κ3) is 3.85. The van der Waals surface area contributed by atoms with Crippen LogP contribution in [0.2, 0.25) is 0 Å². The minimum Gasteiger partial charge on any atom is -0.376 e. The Balaban J connectivity index is 1.70. The van der Waals surface area contributed by atoms with Crippen molar-refractivity contribution in [2.75, 3.05) is 6.61 Å². The topological polar surface area (TPSA) is 96.0 Å². The molecule has 1 aromatic heterocycles. The van der Waals surface area contributed by atoms with E-state index >= 15 is 0 Å². The number of tetrazole rings is 1. The summed E-state index contributed by atoms with van der Waals surface area (Å²) in [6, 6.07) is 6.65. The van der Waals surface area contributed by atoms with Crippen LogP contribution in [-0.2, 0) is 11.3 Å². The van der Waals surface area contributed by atoms with Crippen molar-refractivity contribution in [1.29, 1.82) is 0 Å². The van der Waals surface area contributed by atoms with Crippen molar-refractivity contribution in [3.8, 4) is 0 Å². The molecule has 0 unspecified atom stereocenters. The van der Waals surface area contributed by atoms with Gasteiger partial charge in [-0.05, 0) is 35.8 Å².